The zero-order valence-corrected chi connectivity index (χ0v) is 12.4. The third-order valence-electron chi connectivity index (χ3n) is 4.33. The quantitative estimate of drug-likeness (QED) is 0.898. The van der Waals surface area contributed by atoms with E-state index in [9.17, 15) is 13.2 Å². The molecule has 1 aromatic carbocycles. The first-order valence-corrected chi connectivity index (χ1v) is 7.55. The van der Waals surface area contributed by atoms with Gasteiger partial charge in [0.25, 0.3) is 0 Å². The Morgan fingerprint density at radius 2 is 1.76 bits per heavy atom. The number of piperidine rings is 1. The Hall–Kier alpha value is -1.07. The highest BCUT2D eigenvalue weighted by atomic mass is 19.4. The van der Waals surface area contributed by atoms with Crippen molar-refractivity contribution in [2.75, 3.05) is 26.2 Å². The van der Waals surface area contributed by atoms with Crippen molar-refractivity contribution in [3.05, 3.63) is 35.9 Å². The molecule has 0 saturated carbocycles. The lowest BCUT2D eigenvalue weighted by atomic mass is 9.86. The van der Waals surface area contributed by atoms with Gasteiger partial charge in [0, 0.05) is 19.6 Å². The minimum Gasteiger partial charge on any atom is -0.304 e. The average Bonchev–Trinajstić information content (AvgIpc) is 2.47. The Bertz CT molecular complexity index is 423. The maximum Gasteiger partial charge on any atom is 0.406 e. The predicted octanol–water partition coefficient (Wildman–Crippen LogP) is 3.24. The molecule has 0 bridgehead atoms. The number of hydrogen-bond acceptors (Lipinski definition) is 2. The highest BCUT2D eigenvalue weighted by Gasteiger charge is 2.54. The third-order valence-corrected chi connectivity index (χ3v) is 4.33. The smallest absolute Gasteiger partial charge is 0.304 e. The molecule has 118 valence electrons. The van der Waals surface area contributed by atoms with E-state index in [1.165, 1.54) is 5.56 Å². The van der Waals surface area contributed by atoms with Gasteiger partial charge in [-0.2, -0.15) is 13.2 Å². The molecule has 2 rings (SSSR count). The van der Waals surface area contributed by atoms with Crippen molar-refractivity contribution in [3.63, 3.8) is 0 Å². The summed E-state index contributed by atoms with van der Waals surface area (Å²) in [5.41, 5.74) is -0.456. The van der Waals surface area contributed by atoms with Crippen molar-refractivity contribution in [3.8, 4) is 0 Å². The molecule has 0 radical (unpaired) electrons. The van der Waals surface area contributed by atoms with E-state index in [2.05, 4.69) is 22.3 Å². The summed E-state index contributed by atoms with van der Waals surface area (Å²) in [5, 5.41) is 2.68. The Balaban J connectivity index is 1.87. The van der Waals surface area contributed by atoms with E-state index in [-0.39, 0.29) is 12.8 Å². The number of hydrogen-bond donors (Lipinski definition) is 1. The van der Waals surface area contributed by atoms with Crippen molar-refractivity contribution in [2.45, 2.75) is 37.9 Å². The zero-order chi connectivity index (χ0) is 15.3. The molecule has 2 nitrogen and oxygen atoms in total. The van der Waals surface area contributed by atoms with E-state index in [1.54, 1.807) is 6.92 Å². The van der Waals surface area contributed by atoms with E-state index in [0.717, 1.165) is 13.0 Å². The van der Waals surface area contributed by atoms with Crippen LogP contribution < -0.4 is 5.32 Å². The maximum absolute atomic E-state index is 13.3. The van der Waals surface area contributed by atoms with E-state index in [0.29, 0.717) is 19.6 Å². The van der Waals surface area contributed by atoms with Crippen LogP contribution in [0.15, 0.2) is 30.3 Å². The number of nitrogens with one attached hydrogen (secondary N) is 1. The molecule has 1 aromatic rings. The summed E-state index contributed by atoms with van der Waals surface area (Å²) in [4.78, 5) is 2.13. The Morgan fingerprint density at radius 3 is 2.29 bits per heavy atom. The first-order chi connectivity index (χ1) is 9.97. The molecule has 1 N–H and O–H groups in total. The molecular weight excluding hydrogens is 277 g/mol. The van der Waals surface area contributed by atoms with Crippen molar-refractivity contribution in [2.24, 2.45) is 0 Å². The Morgan fingerprint density at radius 1 is 1.14 bits per heavy atom. The number of nitrogens with zero attached hydrogens (tertiary/aromatic N) is 1. The lowest BCUT2D eigenvalue weighted by Gasteiger charge is -2.43. The van der Waals surface area contributed by atoms with Crippen LogP contribution in [-0.2, 0) is 6.42 Å². The summed E-state index contributed by atoms with van der Waals surface area (Å²) in [6.07, 6.45) is -3.01. The van der Waals surface area contributed by atoms with Crippen LogP contribution in [-0.4, -0.2) is 42.8 Å². The molecule has 5 heteroatoms. The number of likely N-dealkylation sites (tertiary alicyclic amines) is 1. The van der Waals surface area contributed by atoms with Gasteiger partial charge in [-0.25, -0.2) is 0 Å². The summed E-state index contributed by atoms with van der Waals surface area (Å²) in [7, 11) is 0. The topological polar surface area (TPSA) is 15.3 Å². The molecule has 0 spiro atoms. The average molecular weight is 300 g/mol. The number of alkyl halides is 3. The van der Waals surface area contributed by atoms with Gasteiger partial charge in [-0.05, 0) is 31.4 Å². The lowest BCUT2D eigenvalue weighted by molar-refractivity contribution is -0.208. The molecule has 0 unspecified atom stereocenters. The first-order valence-electron chi connectivity index (χ1n) is 7.55. The third kappa shape index (κ3) is 3.98. The largest absolute Gasteiger partial charge is 0.406 e. The van der Waals surface area contributed by atoms with Gasteiger partial charge in [0.05, 0.1) is 0 Å². The minimum atomic E-state index is -4.17. The van der Waals surface area contributed by atoms with Crippen LogP contribution in [0.2, 0.25) is 0 Å². The minimum absolute atomic E-state index is 0.138. The van der Waals surface area contributed by atoms with Crippen LogP contribution in [0.4, 0.5) is 13.2 Å². The van der Waals surface area contributed by atoms with Gasteiger partial charge in [-0.1, -0.05) is 37.3 Å². The fourth-order valence-electron chi connectivity index (χ4n) is 2.99. The molecular formula is C16H23F3N2. The predicted molar refractivity (Wildman–Crippen MR) is 78.3 cm³/mol. The maximum atomic E-state index is 13.3. The summed E-state index contributed by atoms with van der Waals surface area (Å²) in [5.74, 6) is 0. The fraction of sp³-hybridized carbons (Fsp3) is 0.625. The molecule has 1 aliphatic rings. The van der Waals surface area contributed by atoms with Gasteiger partial charge in [0.2, 0.25) is 0 Å². The molecule has 0 atom stereocenters. The van der Waals surface area contributed by atoms with Crippen molar-refractivity contribution in [1.29, 1.82) is 0 Å². The van der Waals surface area contributed by atoms with Crippen LogP contribution >= 0.6 is 0 Å². The monoisotopic (exact) mass is 300 g/mol. The fourth-order valence-corrected chi connectivity index (χ4v) is 2.99. The van der Waals surface area contributed by atoms with Crippen LogP contribution in [0.25, 0.3) is 0 Å². The van der Waals surface area contributed by atoms with Crippen LogP contribution in [0, 0.1) is 0 Å². The van der Waals surface area contributed by atoms with E-state index >= 15 is 0 Å². The van der Waals surface area contributed by atoms with Gasteiger partial charge in [-0.15, -0.1) is 0 Å². The zero-order valence-electron chi connectivity index (χ0n) is 12.4. The molecule has 1 heterocycles. The molecule has 0 aromatic heterocycles. The summed E-state index contributed by atoms with van der Waals surface area (Å²) >= 11 is 0. The summed E-state index contributed by atoms with van der Waals surface area (Å²) < 4.78 is 39.8. The molecule has 1 aliphatic heterocycles. The van der Waals surface area contributed by atoms with Crippen molar-refractivity contribution in [1.82, 2.24) is 10.2 Å². The highest BCUT2D eigenvalue weighted by molar-refractivity contribution is 5.15. The molecule has 1 fully saturated rings. The van der Waals surface area contributed by atoms with Crippen molar-refractivity contribution >= 4 is 0 Å². The van der Waals surface area contributed by atoms with Gasteiger partial charge in [0.1, 0.15) is 5.54 Å². The molecule has 1 saturated heterocycles. The standard InChI is InChI=1S/C16H23F3N2/c1-2-20-15(16(17,18)19)9-12-21(13-10-15)11-8-14-6-4-3-5-7-14/h3-7,20H,2,8-13H2,1H3. The second-order valence-corrected chi connectivity index (χ2v) is 5.69. The normalized spacial score (nSPS) is 19.6. The lowest BCUT2D eigenvalue weighted by Crippen LogP contribution is -2.62. The van der Waals surface area contributed by atoms with Gasteiger partial charge >= 0.3 is 6.18 Å². The number of halogens is 3. The van der Waals surface area contributed by atoms with Crippen molar-refractivity contribution < 1.29 is 13.2 Å². The van der Waals surface area contributed by atoms with Gasteiger partial charge in [0.15, 0.2) is 0 Å². The SMILES string of the molecule is CCNC1(C(F)(F)F)CCN(CCc2ccccc2)CC1. The van der Waals surface area contributed by atoms with E-state index < -0.39 is 11.7 Å². The summed E-state index contributed by atoms with van der Waals surface area (Å²) in [6.45, 7) is 3.90. The first kappa shape index (κ1) is 16.3. The second-order valence-electron chi connectivity index (χ2n) is 5.69. The number of benzene rings is 1. The van der Waals surface area contributed by atoms with E-state index in [1.807, 2.05) is 18.2 Å². The Labute approximate surface area is 124 Å². The summed E-state index contributed by atoms with van der Waals surface area (Å²) in [6, 6.07) is 10.1. The van der Waals surface area contributed by atoms with Crippen LogP contribution in [0.3, 0.4) is 0 Å². The molecule has 21 heavy (non-hydrogen) atoms. The van der Waals surface area contributed by atoms with Crippen LogP contribution in [0.1, 0.15) is 25.3 Å². The Kier molecular flexibility index (Phi) is 5.27. The molecule has 0 amide bonds. The van der Waals surface area contributed by atoms with Crippen LogP contribution in [0.5, 0.6) is 0 Å². The van der Waals surface area contributed by atoms with E-state index in [4.69, 9.17) is 0 Å². The van der Waals surface area contributed by atoms with Gasteiger partial charge in [-0.3, -0.25) is 0 Å². The molecule has 0 aliphatic carbocycles. The second kappa shape index (κ2) is 6.79. The number of rotatable bonds is 5. The highest BCUT2D eigenvalue weighted by Crippen LogP contribution is 2.38. The van der Waals surface area contributed by atoms with Gasteiger partial charge < -0.3 is 10.2 Å².